The molecule has 41 heavy (non-hydrogen) atoms. The maximum atomic E-state index is 13.7. The van der Waals surface area contributed by atoms with Gasteiger partial charge in [-0.05, 0) is 35.1 Å². The molecule has 0 heterocycles. The summed E-state index contributed by atoms with van der Waals surface area (Å²) in [6.45, 7) is 11.7. The van der Waals surface area contributed by atoms with E-state index >= 15 is 0 Å². The molecule has 3 rings (SSSR count). The number of carbonyl (C=O) groups excluding carboxylic acids is 1. The Morgan fingerprint density at radius 2 is 1.63 bits per heavy atom. The molecule has 0 radical (unpaired) electrons. The SMILES string of the molecule is CCCCC(C(=O)NNc1c(Cl)c(Cl)c(C#N)c(NCCC[Si](C)(C)C)c1C#N)[C@@H](C)c1cccc2ccccc12. The Kier molecular flexibility index (Phi) is 11.5. The molecule has 3 aromatic rings. The first-order chi connectivity index (χ1) is 19.5. The monoisotopic (exact) mass is 607 g/mol. The molecule has 3 N–H and O–H groups in total. The summed E-state index contributed by atoms with van der Waals surface area (Å²) in [6.07, 6.45) is 3.45. The van der Waals surface area contributed by atoms with E-state index in [1.165, 1.54) is 0 Å². The van der Waals surface area contributed by atoms with Crippen LogP contribution < -0.4 is 16.2 Å². The van der Waals surface area contributed by atoms with E-state index < -0.39 is 8.07 Å². The van der Waals surface area contributed by atoms with Gasteiger partial charge in [-0.25, -0.2) is 0 Å². The standard InChI is InChI=1S/C32H39Cl2N5OSi/c1-6-7-14-24(21(2)23-16-10-13-22-12-8-9-15-25(22)23)32(40)39-38-31-27(20-36)30(26(19-35)28(33)29(31)34)37-17-11-18-41(3,4)5/h8-10,12-13,15-16,21,24,37-38H,6-7,11,14,17-18H2,1-5H3,(H,39,40)/t21-,24?/m0/s1. The Morgan fingerprint density at radius 1 is 0.951 bits per heavy atom. The number of nitriles is 2. The Balaban J connectivity index is 1.90. The van der Waals surface area contributed by atoms with Crippen molar-refractivity contribution in [2.24, 2.45) is 5.92 Å². The summed E-state index contributed by atoms with van der Waals surface area (Å²) in [5.41, 5.74) is 7.57. The number of benzene rings is 3. The second kappa shape index (κ2) is 14.6. The molecule has 6 nitrogen and oxygen atoms in total. The number of rotatable bonds is 13. The lowest BCUT2D eigenvalue weighted by atomic mass is 9.81. The molecule has 1 unspecified atom stereocenters. The van der Waals surface area contributed by atoms with Gasteiger partial charge >= 0.3 is 0 Å². The normalized spacial score (nSPS) is 12.7. The molecule has 0 aliphatic carbocycles. The fourth-order valence-corrected chi connectivity index (χ4v) is 6.85. The van der Waals surface area contributed by atoms with Crippen LogP contribution >= 0.6 is 23.2 Å². The van der Waals surface area contributed by atoms with Gasteiger partial charge in [0, 0.05) is 20.5 Å². The molecule has 3 aromatic carbocycles. The van der Waals surface area contributed by atoms with Crippen molar-refractivity contribution >= 4 is 59.3 Å². The molecule has 216 valence electrons. The average molecular weight is 609 g/mol. The van der Waals surface area contributed by atoms with Crippen LogP contribution in [0.1, 0.15) is 62.1 Å². The van der Waals surface area contributed by atoms with Crippen LogP contribution in [0.25, 0.3) is 10.8 Å². The number of hydrazine groups is 1. The lowest BCUT2D eigenvalue weighted by Gasteiger charge is -2.26. The zero-order chi connectivity index (χ0) is 30.2. The first-order valence-corrected chi connectivity index (χ1v) is 18.6. The molecule has 0 aliphatic heterocycles. The molecule has 1 amide bonds. The van der Waals surface area contributed by atoms with Crippen molar-refractivity contribution in [3.8, 4) is 12.1 Å². The molecule has 0 saturated heterocycles. The van der Waals surface area contributed by atoms with Gasteiger partial charge in [-0.1, -0.05) is 118 Å². The lowest BCUT2D eigenvalue weighted by Crippen LogP contribution is -2.37. The minimum absolute atomic E-state index is 0.0138. The first kappa shape index (κ1) is 32.3. The quantitative estimate of drug-likeness (QED) is 0.102. The van der Waals surface area contributed by atoms with Crippen molar-refractivity contribution in [2.45, 2.75) is 71.1 Å². The number of amides is 1. The molecule has 2 atom stereocenters. The minimum atomic E-state index is -1.24. The fraction of sp³-hybridized carbons (Fsp3) is 0.406. The Labute approximate surface area is 255 Å². The number of nitrogens with zero attached hydrogens (tertiary/aromatic N) is 2. The third kappa shape index (κ3) is 7.95. The van der Waals surface area contributed by atoms with E-state index in [2.05, 4.69) is 86.1 Å². The predicted molar refractivity (Wildman–Crippen MR) is 174 cm³/mol. The van der Waals surface area contributed by atoms with Crippen LogP contribution in [-0.4, -0.2) is 20.5 Å². The van der Waals surface area contributed by atoms with Crippen molar-refractivity contribution in [3.05, 3.63) is 69.2 Å². The van der Waals surface area contributed by atoms with E-state index in [0.717, 1.165) is 41.6 Å². The summed E-state index contributed by atoms with van der Waals surface area (Å²) < 4.78 is 0. The number of hydrogen-bond donors (Lipinski definition) is 3. The highest BCUT2D eigenvalue weighted by Crippen LogP contribution is 2.41. The number of anilines is 2. The Bertz CT molecular complexity index is 1470. The number of unbranched alkanes of at least 4 members (excludes halogenated alkanes) is 1. The van der Waals surface area contributed by atoms with Crippen LogP contribution in [0.15, 0.2) is 42.5 Å². The zero-order valence-corrected chi connectivity index (χ0v) is 27.0. The smallest absolute Gasteiger partial charge is 0.242 e. The van der Waals surface area contributed by atoms with Gasteiger partial charge in [0.25, 0.3) is 0 Å². The van der Waals surface area contributed by atoms with Gasteiger partial charge in [-0.15, -0.1) is 0 Å². The van der Waals surface area contributed by atoms with Gasteiger partial charge in [0.05, 0.1) is 27.0 Å². The molecule has 0 fully saturated rings. The molecule has 0 spiro atoms. The number of carbonyl (C=O) groups is 1. The van der Waals surface area contributed by atoms with Gasteiger partial charge in [0.1, 0.15) is 17.7 Å². The van der Waals surface area contributed by atoms with E-state index in [4.69, 9.17) is 23.2 Å². The van der Waals surface area contributed by atoms with Crippen molar-refractivity contribution < 1.29 is 4.79 Å². The summed E-state index contributed by atoms with van der Waals surface area (Å²) in [5, 5.41) is 25.5. The summed E-state index contributed by atoms with van der Waals surface area (Å²) >= 11 is 13.1. The van der Waals surface area contributed by atoms with Crippen LogP contribution in [0.4, 0.5) is 11.4 Å². The van der Waals surface area contributed by atoms with Crippen LogP contribution in [0.3, 0.4) is 0 Å². The van der Waals surface area contributed by atoms with E-state index in [1.807, 2.05) is 18.2 Å². The second-order valence-corrected chi connectivity index (χ2v) is 18.0. The summed E-state index contributed by atoms with van der Waals surface area (Å²) in [6, 6.07) is 19.7. The van der Waals surface area contributed by atoms with E-state index in [0.29, 0.717) is 18.7 Å². The molecule has 9 heteroatoms. The first-order valence-electron chi connectivity index (χ1n) is 14.2. The minimum Gasteiger partial charge on any atom is -0.383 e. The molecule has 0 aliphatic rings. The van der Waals surface area contributed by atoms with Crippen LogP contribution in [0.2, 0.25) is 35.7 Å². The van der Waals surface area contributed by atoms with Gasteiger partial charge in [-0.3, -0.25) is 15.6 Å². The van der Waals surface area contributed by atoms with Gasteiger partial charge in [-0.2, -0.15) is 10.5 Å². The highest BCUT2D eigenvalue weighted by Gasteiger charge is 2.28. The Morgan fingerprint density at radius 3 is 2.29 bits per heavy atom. The van der Waals surface area contributed by atoms with Crippen molar-refractivity contribution in [1.82, 2.24) is 5.43 Å². The molecular formula is C32H39Cl2N5OSi. The van der Waals surface area contributed by atoms with Gasteiger partial charge < -0.3 is 5.32 Å². The lowest BCUT2D eigenvalue weighted by molar-refractivity contribution is -0.125. The van der Waals surface area contributed by atoms with Crippen molar-refractivity contribution in [3.63, 3.8) is 0 Å². The predicted octanol–water partition coefficient (Wildman–Crippen LogP) is 9.08. The van der Waals surface area contributed by atoms with Crippen LogP contribution in [0.5, 0.6) is 0 Å². The molecular weight excluding hydrogens is 569 g/mol. The summed E-state index contributed by atoms with van der Waals surface area (Å²) in [7, 11) is -1.24. The molecule has 0 bridgehead atoms. The topological polar surface area (TPSA) is 101 Å². The van der Waals surface area contributed by atoms with E-state index in [1.54, 1.807) is 0 Å². The summed E-state index contributed by atoms with van der Waals surface area (Å²) in [5.74, 6) is -0.594. The van der Waals surface area contributed by atoms with Gasteiger partial charge in [0.15, 0.2) is 0 Å². The molecule has 0 aromatic heterocycles. The van der Waals surface area contributed by atoms with Crippen molar-refractivity contribution in [1.29, 1.82) is 10.5 Å². The summed E-state index contributed by atoms with van der Waals surface area (Å²) in [4.78, 5) is 13.7. The van der Waals surface area contributed by atoms with Crippen LogP contribution in [0, 0.1) is 28.6 Å². The Hall–Kier alpha value is -3.23. The highest BCUT2D eigenvalue weighted by molar-refractivity contribution is 6.76. The van der Waals surface area contributed by atoms with Gasteiger partial charge in [0.2, 0.25) is 5.91 Å². The van der Waals surface area contributed by atoms with Crippen molar-refractivity contribution in [2.75, 3.05) is 17.3 Å². The maximum absolute atomic E-state index is 13.7. The third-order valence-corrected chi connectivity index (χ3v) is 10.2. The van der Waals surface area contributed by atoms with E-state index in [9.17, 15) is 15.3 Å². The third-order valence-electron chi connectivity index (χ3n) is 7.44. The highest BCUT2D eigenvalue weighted by atomic mass is 35.5. The van der Waals surface area contributed by atoms with Crippen LogP contribution in [-0.2, 0) is 4.79 Å². The van der Waals surface area contributed by atoms with E-state index in [-0.39, 0.29) is 44.6 Å². The average Bonchev–Trinajstić information content (AvgIpc) is 2.95. The maximum Gasteiger partial charge on any atom is 0.242 e. The molecule has 0 saturated carbocycles. The largest absolute Gasteiger partial charge is 0.383 e. The second-order valence-electron chi connectivity index (χ2n) is 11.7. The fourth-order valence-electron chi connectivity index (χ4n) is 5.15. The number of nitrogens with one attached hydrogen (secondary N) is 3. The number of halogens is 2. The zero-order valence-electron chi connectivity index (χ0n) is 24.5. The number of hydrogen-bond acceptors (Lipinski definition) is 5. The number of fused-ring (bicyclic) bond motifs is 1.